The Bertz CT molecular complexity index is 829. The van der Waals surface area contributed by atoms with E-state index in [0.29, 0.717) is 5.52 Å². The Hall–Kier alpha value is -2.46. The predicted octanol–water partition coefficient (Wildman–Crippen LogP) is 3.85. The number of aryl methyl sites for hydroxylation is 1. The van der Waals surface area contributed by atoms with Gasteiger partial charge in [0.25, 0.3) is 0 Å². The number of pyridine rings is 1. The van der Waals surface area contributed by atoms with Crippen molar-refractivity contribution in [2.75, 3.05) is 7.11 Å². The number of hydrogen-bond acceptors (Lipinski definition) is 3. The van der Waals surface area contributed by atoms with E-state index in [9.17, 15) is 4.39 Å². The van der Waals surface area contributed by atoms with E-state index in [1.807, 2.05) is 37.3 Å². The molecule has 22 heavy (non-hydrogen) atoms. The van der Waals surface area contributed by atoms with Crippen molar-refractivity contribution >= 4 is 10.9 Å². The Morgan fingerprint density at radius 2 is 1.86 bits per heavy atom. The molecule has 0 atom stereocenters. The summed E-state index contributed by atoms with van der Waals surface area (Å²) in [4.78, 5) is 4.64. The minimum Gasteiger partial charge on any atom is -0.494 e. The fourth-order valence-electron chi connectivity index (χ4n) is 2.50. The fraction of sp³-hybridized carbons (Fsp3) is 0.167. The van der Waals surface area contributed by atoms with E-state index in [1.165, 1.54) is 13.2 Å². The zero-order valence-corrected chi connectivity index (χ0v) is 12.4. The zero-order valence-electron chi connectivity index (χ0n) is 12.4. The molecule has 0 saturated heterocycles. The van der Waals surface area contributed by atoms with Gasteiger partial charge in [-0.1, -0.05) is 24.3 Å². The molecule has 1 heterocycles. The first-order chi connectivity index (χ1) is 10.6. The molecule has 0 aliphatic heterocycles. The summed E-state index contributed by atoms with van der Waals surface area (Å²) < 4.78 is 18.8. The minimum atomic E-state index is -0.392. The lowest BCUT2D eigenvalue weighted by Gasteiger charge is -2.10. The Morgan fingerprint density at radius 1 is 1.14 bits per heavy atom. The average molecular weight is 297 g/mol. The van der Waals surface area contributed by atoms with Gasteiger partial charge in [0.05, 0.1) is 24.9 Å². The maximum atomic E-state index is 13.8. The summed E-state index contributed by atoms with van der Waals surface area (Å²) in [6.07, 6.45) is 0. The van der Waals surface area contributed by atoms with Crippen LogP contribution in [0.3, 0.4) is 0 Å². The predicted molar refractivity (Wildman–Crippen MR) is 84.3 cm³/mol. The van der Waals surface area contributed by atoms with Crippen molar-refractivity contribution in [3.63, 3.8) is 0 Å². The van der Waals surface area contributed by atoms with Crippen molar-refractivity contribution in [1.82, 2.24) is 4.98 Å². The van der Waals surface area contributed by atoms with Gasteiger partial charge in [0.1, 0.15) is 0 Å². The number of rotatable bonds is 3. The maximum absolute atomic E-state index is 13.8. The van der Waals surface area contributed by atoms with Crippen LogP contribution in [0.5, 0.6) is 5.75 Å². The molecule has 0 spiro atoms. The van der Waals surface area contributed by atoms with E-state index in [1.54, 1.807) is 6.07 Å². The number of fused-ring (bicyclic) bond motifs is 1. The first-order valence-electron chi connectivity index (χ1n) is 6.97. The topological polar surface area (TPSA) is 42.4 Å². The average Bonchev–Trinajstić information content (AvgIpc) is 2.54. The molecule has 0 fully saturated rings. The van der Waals surface area contributed by atoms with Gasteiger partial charge in [-0.05, 0) is 30.2 Å². The van der Waals surface area contributed by atoms with E-state index in [4.69, 9.17) is 9.84 Å². The first kappa shape index (κ1) is 14.5. The smallest absolute Gasteiger partial charge is 0.165 e. The van der Waals surface area contributed by atoms with Crippen molar-refractivity contribution in [3.8, 4) is 17.0 Å². The molecule has 3 aromatic rings. The number of ether oxygens (including phenoxy) is 1. The number of aliphatic hydroxyl groups is 1. The lowest BCUT2D eigenvalue weighted by molar-refractivity contribution is 0.282. The minimum absolute atomic E-state index is 0.0148. The molecule has 0 saturated carbocycles. The second-order valence-electron chi connectivity index (χ2n) is 5.19. The largest absolute Gasteiger partial charge is 0.494 e. The zero-order chi connectivity index (χ0) is 15.7. The molecule has 0 amide bonds. The first-order valence-corrected chi connectivity index (χ1v) is 6.97. The normalized spacial score (nSPS) is 10.9. The fourth-order valence-corrected chi connectivity index (χ4v) is 2.50. The third-order valence-corrected chi connectivity index (χ3v) is 3.69. The maximum Gasteiger partial charge on any atom is 0.165 e. The molecule has 2 aromatic carbocycles. The lowest BCUT2D eigenvalue weighted by Crippen LogP contribution is -1.94. The third-order valence-electron chi connectivity index (χ3n) is 3.69. The van der Waals surface area contributed by atoms with Crippen LogP contribution in [0.25, 0.3) is 22.2 Å². The molecule has 0 unspecified atom stereocenters. The van der Waals surface area contributed by atoms with Gasteiger partial charge in [0.15, 0.2) is 11.6 Å². The van der Waals surface area contributed by atoms with Gasteiger partial charge >= 0.3 is 0 Å². The lowest BCUT2D eigenvalue weighted by atomic mass is 10.0. The Morgan fingerprint density at radius 3 is 2.50 bits per heavy atom. The van der Waals surface area contributed by atoms with Gasteiger partial charge in [0.2, 0.25) is 0 Å². The second kappa shape index (κ2) is 5.73. The number of aliphatic hydroxyl groups excluding tert-OH is 1. The molecule has 0 aliphatic rings. The standard InChI is InChI=1S/C18H16FNO2/c1-11-7-14-8-15(19)17(22-2)9-16(14)20-18(11)13-5-3-12(10-21)4-6-13/h3-9,21H,10H2,1-2H3. The van der Waals surface area contributed by atoms with Gasteiger partial charge in [-0.15, -0.1) is 0 Å². The summed E-state index contributed by atoms with van der Waals surface area (Å²) in [6.45, 7) is 1.96. The molecular weight excluding hydrogens is 281 g/mol. The van der Waals surface area contributed by atoms with Gasteiger partial charge in [-0.3, -0.25) is 0 Å². The molecular formula is C18H16FNO2. The molecule has 1 N–H and O–H groups in total. The van der Waals surface area contributed by atoms with E-state index in [0.717, 1.165) is 27.8 Å². The van der Waals surface area contributed by atoms with Crippen LogP contribution >= 0.6 is 0 Å². The molecule has 0 radical (unpaired) electrons. The third kappa shape index (κ3) is 2.53. The van der Waals surface area contributed by atoms with E-state index in [-0.39, 0.29) is 12.4 Å². The number of aromatic nitrogens is 1. The molecule has 0 bridgehead atoms. The summed E-state index contributed by atoms with van der Waals surface area (Å²) in [5, 5.41) is 9.86. The van der Waals surface area contributed by atoms with Gasteiger partial charge in [-0.2, -0.15) is 0 Å². The SMILES string of the molecule is COc1cc2nc(-c3ccc(CO)cc3)c(C)cc2cc1F. The summed E-state index contributed by atoms with van der Waals surface area (Å²) in [5.41, 5.74) is 4.30. The number of methoxy groups -OCH3 is 1. The monoisotopic (exact) mass is 297 g/mol. The van der Waals surface area contributed by atoms with Crippen molar-refractivity contribution in [2.45, 2.75) is 13.5 Å². The summed E-state index contributed by atoms with van der Waals surface area (Å²) in [7, 11) is 1.44. The van der Waals surface area contributed by atoms with Crippen molar-refractivity contribution < 1.29 is 14.2 Å². The van der Waals surface area contributed by atoms with Gasteiger partial charge in [-0.25, -0.2) is 9.37 Å². The van der Waals surface area contributed by atoms with Crippen molar-refractivity contribution in [3.05, 3.63) is 59.4 Å². The molecule has 3 rings (SSSR count). The summed E-state index contributed by atoms with van der Waals surface area (Å²) in [6, 6.07) is 12.5. The highest BCUT2D eigenvalue weighted by molar-refractivity contribution is 5.84. The van der Waals surface area contributed by atoms with E-state index in [2.05, 4.69) is 4.98 Å². The summed E-state index contributed by atoms with van der Waals surface area (Å²) >= 11 is 0. The molecule has 0 aliphatic carbocycles. The van der Waals surface area contributed by atoms with Crippen LogP contribution in [0.15, 0.2) is 42.5 Å². The van der Waals surface area contributed by atoms with Crippen molar-refractivity contribution in [1.29, 1.82) is 0 Å². The highest BCUT2D eigenvalue weighted by Gasteiger charge is 2.10. The number of halogens is 1. The van der Waals surface area contributed by atoms with Crippen LogP contribution in [-0.2, 0) is 6.61 Å². The van der Waals surface area contributed by atoms with E-state index < -0.39 is 5.82 Å². The number of hydrogen-bond donors (Lipinski definition) is 1. The van der Waals surface area contributed by atoms with Crippen LogP contribution in [0.2, 0.25) is 0 Å². The van der Waals surface area contributed by atoms with Crippen LogP contribution in [0.1, 0.15) is 11.1 Å². The molecule has 4 heteroatoms. The van der Waals surface area contributed by atoms with Crippen molar-refractivity contribution in [2.24, 2.45) is 0 Å². The van der Waals surface area contributed by atoms with Crippen LogP contribution < -0.4 is 4.74 Å². The Labute approximate surface area is 128 Å². The summed E-state index contributed by atoms with van der Waals surface area (Å²) in [5.74, 6) is -0.207. The number of benzene rings is 2. The number of nitrogens with zero attached hydrogens (tertiary/aromatic N) is 1. The van der Waals surface area contributed by atoms with Gasteiger partial charge in [0, 0.05) is 17.0 Å². The molecule has 1 aromatic heterocycles. The molecule has 3 nitrogen and oxygen atoms in total. The van der Waals surface area contributed by atoms with E-state index >= 15 is 0 Å². The molecule has 112 valence electrons. The Balaban J connectivity index is 2.16. The van der Waals surface area contributed by atoms with Gasteiger partial charge < -0.3 is 9.84 Å². The highest BCUT2D eigenvalue weighted by Crippen LogP contribution is 2.29. The Kier molecular flexibility index (Phi) is 3.77. The second-order valence-corrected chi connectivity index (χ2v) is 5.19. The quantitative estimate of drug-likeness (QED) is 0.798. The van der Waals surface area contributed by atoms with Crippen LogP contribution in [0.4, 0.5) is 4.39 Å². The van der Waals surface area contributed by atoms with Crippen LogP contribution in [0, 0.1) is 12.7 Å². The van der Waals surface area contributed by atoms with Crippen LogP contribution in [-0.4, -0.2) is 17.2 Å². The highest BCUT2D eigenvalue weighted by atomic mass is 19.1.